The predicted octanol–water partition coefficient (Wildman–Crippen LogP) is 3.13. The lowest BCUT2D eigenvalue weighted by atomic mass is 9.61. The Labute approximate surface area is 161 Å². The summed E-state index contributed by atoms with van der Waals surface area (Å²) in [7, 11) is 3.44. The lowest BCUT2D eigenvalue weighted by molar-refractivity contribution is -0.0920. The van der Waals surface area contributed by atoms with Gasteiger partial charge in [-0.3, -0.25) is 4.90 Å². The second-order valence-electron chi connectivity index (χ2n) is 7.65. The zero-order valence-corrected chi connectivity index (χ0v) is 16.5. The van der Waals surface area contributed by atoms with Crippen LogP contribution < -0.4 is 15.5 Å². The van der Waals surface area contributed by atoms with Crippen LogP contribution in [0.5, 0.6) is 0 Å². The third kappa shape index (κ3) is 4.03. The van der Waals surface area contributed by atoms with E-state index in [1.165, 1.54) is 24.2 Å². The van der Waals surface area contributed by atoms with E-state index in [2.05, 4.69) is 10.6 Å². The number of nitrogens with zero attached hydrogens (tertiary/aromatic N) is 2. The van der Waals surface area contributed by atoms with Crippen LogP contribution in [-0.2, 0) is 4.74 Å². The van der Waals surface area contributed by atoms with Crippen molar-refractivity contribution in [1.82, 2.24) is 10.2 Å². The Balaban J connectivity index is 1.59. The number of benzene rings is 1. The van der Waals surface area contributed by atoms with Crippen molar-refractivity contribution >= 4 is 23.4 Å². The van der Waals surface area contributed by atoms with Crippen molar-refractivity contribution in [2.24, 2.45) is 11.3 Å². The quantitative estimate of drug-likeness (QED) is 0.803. The van der Waals surface area contributed by atoms with Gasteiger partial charge in [0.25, 0.3) is 0 Å². The second-order valence-corrected chi connectivity index (χ2v) is 7.65. The molecule has 148 valence electrons. The third-order valence-corrected chi connectivity index (χ3v) is 5.82. The number of ether oxygens (including phenoxy) is 1. The molecule has 1 aromatic carbocycles. The number of methoxy groups -OCH3 is 1. The van der Waals surface area contributed by atoms with Crippen molar-refractivity contribution < 1.29 is 14.3 Å². The number of carbonyl (C=O) groups is 2. The van der Waals surface area contributed by atoms with Gasteiger partial charge in [0, 0.05) is 50.6 Å². The summed E-state index contributed by atoms with van der Waals surface area (Å²) in [5.41, 5.74) is 1.54. The van der Waals surface area contributed by atoms with Crippen molar-refractivity contribution in [3.63, 3.8) is 0 Å². The molecule has 0 unspecified atom stereocenters. The first-order valence-electron chi connectivity index (χ1n) is 9.65. The molecular formula is C20H30N4O3. The van der Waals surface area contributed by atoms with Gasteiger partial charge in [-0.05, 0) is 43.9 Å². The smallest absolute Gasteiger partial charge is 0.321 e. The van der Waals surface area contributed by atoms with E-state index in [-0.39, 0.29) is 17.5 Å². The standard InChI is InChI=1S/C20H30N4O3/c1-4-21-18(25)23(2)17-10-6-9-16(11-17)22-19(26)24-12-20(13-24,14-27-3)15-7-5-8-15/h6,9-11,15H,4-5,7-8,12-14H2,1-3H3,(H,21,25)(H,22,26). The van der Waals surface area contributed by atoms with Gasteiger partial charge < -0.3 is 20.3 Å². The molecule has 4 amide bonds. The van der Waals surface area contributed by atoms with E-state index in [1.807, 2.05) is 30.0 Å². The highest BCUT2D eigenvalue weighted by molar-refractivity contribution is 5.94. The fraction of sp³-hybridized carbons (Fsp3) is 0.600. The zero-order valence-electron chi connectivity index (χ0n) is 16.5. The highest BCUT2D eigenvalue weighted by Crippen LogP contribution is 2.48. The number of hydrogen-bond donors (Lipinski definition) is 2. The van der Waals surface area contributed by atoms with Crippen LogP contribution >= 0.6 is 0 Å². The molecule has 1 saturated heterocycles. The monoisotopic (exact) mass is 374 g/mol. The number of amides is 4. The Morgan fingerprint density at radius 3 is 2.67 bits per heavy atom. The van der Waals surface area contributed by atoms with Gasteiger partial charge in [-0.2, -0.15) is 0 Å². The zero-order chi connectivity index (χ0) is 19.4. The fourth-order valence-corrected chi connectivity index (χ4v) is 4.01. The Morgan fingerprint density at radius 2 is 2.07 bits per heavy atom. The molecule has 0 spiro atoms. The van der Waals surface area contributed by atoms with Crippen LogP contribution in [0.25, 0.3) is 0 Å². The Hall–Kier alpha value is -2.28. The van der Waals surface area contributed by atoms with Crippen molar-refractivity contribution in [2.45, 2.75) is 26.2 Å². The third-order valence-electron chi connectivity index (χ3n) is 5.82. The lowest BCUT2D eigenvalue weighted by Gasteiger charge is -2.56. The molecule has 1 aliphatic carbocycles. The number of urea groups is 2. The molecule has 2 fully saturated rings. The number of likely N-dealkylation sites (tertiary alicyclic amines) is 1. The first kappa shape index (κ1) is 19.5. The highest BCUT2D eigenvalue weighted by atomic mass is 16.5. The molecule has 2 aliphatic rings. The molecule has 27 heavy (non-hydrogen) atoms. The Morgan fingerprint density at radius 1 is 1.33 bits per heavy atom. The first-order chi connectivity index (χ1) is 13.0. The molecule has 7 heteroatoms. The van der Waals surface area contributed by atoms with E-state index >= 15 is 0 Å². The van der Waals surface area contributed by atoms with Gasteiger partial charge in [0.2, 0.25) is 0 Å². The van der Waals surface area contributed by atoms with E-state index < -0.39 is 0 Å². The minimum absolute atomic E-state index is 0.0983. The van der Waals surface area contributed by atoms with Crippen LogP contribution in [-0.4, -0.2) is 57.4 Å². The van der Waals surface area contributed by atoms with E-state index in [9.17, 15) is 9.59 Å². The van der Waals surface area contributed by atoms with Gasteiger partial charge in [0.15, 0.2) is 0 Å². The summed E-state index contributed by atoms with van der Waals surface area (Å²) < 4.78 is 5.43. The van der Waals surface area contributed by atoms with Gasteiger partial charge in [-0.1, -0.05) is 12.5 Å². The normalized spacial score (nSPS) is 18.3. The summed E-state index contributed by atoms with van der Waals surface area (Å²) in [6, 6.07) is 7.05. The van der Waals surface area contributed by atoms with Crippen LogP contribution in [0.2, 0.25) is 0 Å². The summed E-state index contributed by atoms with van der Waals surface area (Å²) in [5, 5.41) is 5.72. The molecule has 1 aliphatic heterocycles. The molecule has 0 aromatic heterocycles. The van der Waals surface area contributed by atoms with Crippen LogP contribution in [0.15, 0.2) is 24.3 Å². The summed E-state index contributed by atoms with van der Waals surface area (Å²) in [4.78, 5) is 28.0. The molecule has 1 heterocycles. The van der Waals surface area contributed by atoms with Crippen molar-refractivity contribution in [3.8, 4) is 0 Å². The number of carbonyl (C=O) groups excluding carboxylic acids is 2. The van der Waals surface area contributed by atoms with Gasteiger partial charge in [0.05, 0.1) is 6.61 Å². The molecule has 1 saturated carbocycles. The average Bonchev–Trinajstić information content (AvgIpc) is 2.57. The first-order valence-corrected chi connectivity index (χ1v) is 9.65. The molecular weight excluding hydrogens is 344 g/mol. The maximum Gasteiger partial charge on any atom is 0.321 e. The maximum atomic E-state index is 12.6. The number of rotatable bonds is 6. The summed E-state index contributed by atoms with van der Waals surface area (Å²) >= 11 is 0. The van der Waals surface area contributed by atoms with Gasteiger partial charge in [0.1, 0.15) is 0 Å². The van der Waals surface area contributed by atoms with Crippen molar-refractivity contribution in [1.29, 1.82) is 0 Å². The van der Waals surface area contributed by atoms with E-state index in [0.717, 1.165) is 18.8 Å². The Kier molecular flexibility index (Phi) is 5.89. The number of hydrogen-bond acceptors (Lipinski definition) is 3. The minimum Gasteiger partial charge on any atom is -0.384 e. The summed E-state index contributed by atoms with van der Waals surface area (Å²) in [6.07, 6.45) is 3.77. The molecule has 1 aromatic rings. The van der Waals surface area contributed by atoms with Crippen LogP contribution in [0.1, 0.15) is 26.2 Å². The molecule has 0 bridgehead atoms. The molecule has 7 nitrogen and oxygen atoms in total. The summed E-state index contributed by atoms with van der Waals surface area (Å²) in [6.45, 7) is 4.65. The SMILES string of the molecule is CCNC(=O)N(C)c1cccc(NC(=O)N2CC(COC)(C3CCC3)C2)c1. The van der Waals surface area contributed by atoms with Crippen molar-refractivity contribution in [3.05, 3.63) is 24.3 Å². The average molecular weight is 374 g/mol. The van der Waals surface area contributed by atoms with E-state index in [0.29, 0.717) is 24.8 Å². The highest BCUT2D eigenvalue weighted by Gasteiger charge is 2.52. The van der Waals surface area contributed by atoms with Gasteiger partial charge >= 0.3 is 12.1 Å². The molecule has 0 radical (unpaired) electrons. The Bertz CT molecular complexity index is 684. The van der Waals surface area contributed by atoms with E-state index in [1.54, 1.807) is 20.2 Å². The largest absolute Gasteiger partial charge is 0.384 e. The van der Waals surface area contributed by atoms with Gasteiger partial charge in [-0.15, -0.1) is 0 Å². The van der Waals surface area contributed by atoms with Crippen LogP contribution in [0.3, 0.4) is 0 Å². The number of nitrogens with one attached hydrogen (secondary N) is 2. The van der Waals surface area contributed by atoms with Gasteiger partial charge in [-0.25, -0.2) is 9.59 Å². The molecule has 3 rings (SSSR count). The van der Waals surface area contributed by atoms with E-state index in [4.69, 9.17) is 4.74 Å². The fourth-order valence-electron chi connectivity index (χ4n) is 4.01. The number of anilines is 2. The predicted molar refractivity (Wildman–Crippen MR) is 106 cm³/mol. The lowest BCUT2D eigenvalue weighted by Crippen LogP contribution is -2.65. The van der Waals surface area contributed by atoms with Crippen molar-refractivity contribution in [2.75, 3.05) is 50.6 Å². The van der Waals surface area contributed by atoms with Crippen LogP contribution in [0.4, 0.5) is 21.0 Å². The minimum atomic E-state index is -0.173. The topological polar surface area (TPSA) is 73.9 Å². The maximum absolute atomic E-state index is 12.6. The second kappa shape index (κ2) is 8.17. The molecule has 0 atom stereocenters. The summed E-state index contributed by atoms with van der Waals surface area (Å²) in [5.74, 6) is 0.676. The molecule has 2 N–H and O–H groups in total. The van der Waals surface area contributed by atoms with Crippen LogP contribution in [0, 0.1) is 11.3 Å².